The van der Waals surface area contributed by atoms with Crippen molar-refractivity contribution in [3.8, 4) is 0 Å². The third kappa shape index (κ3) is 7.09. The van der Waals surface area contributed by atoms with Crippen molar-refractivity contribution in [2.45, 2.75) is 57.6 Å². The maximum absolute atomic E-state index is 13.2. The first kappa shape index (κ1) is 23.3. The van der Waals surface area contributed by atoms with Crippen molar-refractivity contribution in [3.05, 3.63) is 64.7 Å². The van der Waals surface area contributed by atoms with Crippen molar-refractivity contribution < 1.29 is 9.59 Å². The van der Waals surface area contributed by atoms with Gasteiger partial charge in [0.15, 0.2) is 0 Å². The third-order valence-corrected chi connectivity index (χ3v) is 5.84. The quantitative estimate of drug-likeness (QED) is 0.562. The second kappa shape index (κ2) is 11.3. The molecule has 2 aromatic rings. The molecule has 0 aliphatic rings. The van der Waals surface area contributed by atoms with Crippen molar-refractivity contribution in [1.29, 1.82) is 0 Å². The summed E-state index contributed by atoms with van der Waals surface area (Å²) < 4.78 is 0. The number of thioether (sulfide) groups is 1. The van der Waals surface area contributed by atoms with E-state index in [4.69, 9.17) is 11.6 Å². The number of nitrogens with one attached hydrogen (secondary N) is 1. The minimum Gasteiger partial charge on any atom is -0.352 e. The predicted octanol–water partition coefficient (Wildman–Crippen LogP) is 5.07. The van der Waals surface area contributed by atoms with E-state index in [2.05, 4.69) is 5.32 Å². The Bertz CT molecular complexity index is 824. The normalized spacial score (nSPS) is 11.9. The Labute approximate surface area is 183 Å². The fourth-order valence-corrected chi connectivity index (χ4v) is 3.94. The van der Waals surface area contributed by atoms with E-state index in [0.717, 1.165) is 16.0 Å². The van der Waals surface area contributed by atoms with Gasteiger partial charge >= 0.3 is 0 Å². The van der Waals surface area contributed by atoms with Crippen molar-refractivity contribution in [1.82, 2.24) is 10.2 Å². The molecule has 1 atom stereocenters. The van der Waals surface area contributed by atoms with Crippen molar-refractivity contribution in [2.75, 3.05) is 5.75 Å². The fraction of sp³-hybridized carbons (Fsp3) is 0.391. The predicted molar refractivity (Wildman–Crippen MR) is 121 cm³/mol. The summed E-state index contributed by atoms with van der Waals surface area (Å²) in [4.78, 5) is 28.7. The smallest absolute Gasteiger partial charge is 0.243 e. The summed E-state index contributed by atoms with van der Waals surface area (Å²) in [5.41, 5.74) is 2.16. The summed E-state index contributed by atoms with van der Waals surface area (Å²) >= 11 is 7.39. The van der Waals surface area contributed by atoms with E-state index < -0.39 is 6.04 Å². The van der Waals surface area contributed by atoms with E-state index in [1.807, 2.05) is 76.2 Å². The number of amides is 2. The molecular formula is C23H29ClN2O2S. The lowest BCUT2D eigenvalue weighted by Crippen LogP contribution is -2.51. The largest absolute Gasteiger partial charge is 0.352 e. The van der Waals surface area contributed by atoms with Crippen molar-refractivity contribution in [2.24, 2.45) is 0 Å². The second-order valence-electron chi connectivity index (χ2n) is 7.28. The molecule has 4 nitrogen and oxygen atoms in total. The number of benzene rings is 2. The molecule has 0 aliphatic heterocycles. The Morgan fingerprint density at radius 3 is 2.34 bits per heavy atom. The van der Waals surface area contributed by atoms with Gasteiger partial charge in [-0.3, -0.25) is 9.59 Å². The first-order chi connectivity index (χ1) is 13.8. The van der Waals surface area contributed by atoms with Crippen LogP contribution in [0.25, 0.3) is 0 Å². The number of nitrogens with zero attached hydrogens (tertiary/aromatic N) is 1. The Morgan fingerprint density at radius 1 is 1.10 bits per heavy atom. The number of hydrogen-bond acceptors (Lipinski definition) is 3. The summed E-state index contributed by atoms with van der Waals surface area (Å²) in [7, 11) is 0. The Kier molecular flexibility index (Phi) is 9.05. The minimum atomic E-state index is -0.504. The molecule has 0 aliphatic carbocycles. The molecule has 1 N–H and O–H groups in total. The van der Waals surface area contributed by atoms with E-state index in [0.29, 0.717) is 18.0 Å². The van der Waals surface area contributed by atoms with Gasteiger partial charge < -0.3 is 10.2 Å². The zero-order valence-electron chi connectivity index (χ0n) is 17.4. The number of halogens is 1. The molecule has 0 aromatic heterocycles. The summed E-state index contributed by atoms with van der Waals surface area (Å²) in [6, 6.07) is 14.9. The van der Waals surface area contributed by atoms with Gasteiger partial charge in [-0.25, -0.2) is 0 Å². The topological polar surface area (TPSA) is 49.4 Å². The highest BCUT2D eigenvalue weighted by Gasteiger charge is 2.29. The van der Waals surface area contributed by atoms with Crippen LogP contribution in [0.15, 0.2) is 53.4 Å². The molecule has 0 heterocycles. The van der Waals surface area contributed by atoms with Crippen LogP contribution in [0, 0.1) is 6.92 Å². The molecule has 29 heavy (non-hydrogen) atoms. The van der Waals surface area contributed by atoms with Gasteiger partial charge in [-0.2, -0.15) is 0 Å². The van der Waals surface area contributed by atoms with Crippen LogP contribution >= 0.6 is 23.4 Å². The molecule has 2 amide bonds. The van der Waals surface area contributed by atoms with Crippen molar-refractivity contribution in [3.63, 3.8) is 0 Å². The monoisotopic (exact) mass is 432 g/mol. The van der Waals surface area contributed by atoms with Gasteiger partial charge in [0.25, 0.3) is 0 Å². The summed E-state index contributed by atoms with van der Waals surface area (Å²) in [5.74, 6) is 0.0961. The highest BCUT2D eigenvalue weighted by molar-refractivity contribution is 8.00. The molecule has 156 valence electrons. The number of hydrogen-bond donors (Lipinski definition) is 1. The number of rotatable bonds is 9. The van der Waals surface area contributed by atoms with Crippen LogP contribution in [-0.2, 0) is 16.1 Å². The van der Waals surface area contributed by atoms with Crippen molar-refractivity contribution >= 4 is 35.2 Å². The van der Waals surface area contributed by atoms with Crippen LogP contribution in [0.1, 0.15) is 38.3 Å². The zero-order chi connectivity index (χ0) is 21.4. The van der Waals surface area contributed by atoms with Crippen LogP contribution in [-0.4, -0.2) is 34.6 Å². The van der Waals surface area contributed by atoms with Crippen LogP contribution in [0.5, 0.6) is 0 Å². The SMILES string of the molecule is CC[C@H](C(=O)NC(C)C)N(Cc1ccccc1C)C(=O)CSc1ccc(Cl)cc1. The summed E-state index contributed by atoms with van der Waals surface area (Å²) in [6.45, 7) is 8.23. The highest BCUT2D eigenvalue weighted by Crippen LogP contribution is 2.23. The highest BCUT2D eigenvalue weighted by atomic mass is 35.5. The molecule has 0 saturated carbocycles. The molecule has 0 fully saturated rings. The zero-order valence-corrected chi connectivity index (χ0v) is 19.0. The van der Waals surface area contributed by atoms with Gasteiger partial charge in [-0.05, 0) is 62.6 Å². The van der Waals surface area contributed by atoms with Gasteiger partial charge in [0, 0.05) is 22.5 Å². The fourth-order valence-electron chi connectivity index (χ4n) is 3.03. The number of carbonyl (C=O) groups is 2. The molecule has 0 saturated heterocycles. The number of aryl methyl sites for hydroxylation is 1. The second-order valence-corrected chi connectivity index (χ2v) is 8.76. The Hall–Kier alpha value is -1.98. The van der Waals surface area contributed by atoms with Crippen LogP contribution < -0.4 is 5.32 Å². The van der Waals surface area contributed by atoms with E-state index >= 15 is 0 Å². The molecular weight excluding hydrogens is 404 g/mol. The molecule has 6 heteroatoms. The molecule has 0 unspecified atom stereocenters. The summed E-state index contributed by atoms with van der Waals surface area (Å²) in [6.07, 6.45) is 0.557. The lowest BCUT2D eigenvalue weighted by molar-refractivity contribution is -0.139. The molecule has 0 bridgehead atoms. The van der Waals surface area contributed by atoms with Crippen LogP contribution in [0.4, 0.5) is 0 Å². The van der Waals surface area contributed by atoms with Crippen LogP contribution in [0.3, 0.4) is 0 Å². The van der Waals surface area contributed by atoms with E-state index in [-0.39, 0.29) is 23.6 Å². The summed E-state index contributed by atoms with van der Waals surface area (Å²) in [5, 5.41) is 3.62. The van der Waals surface area contributed by atoms with Gasteiger partial charge in [-0.1, -0.05) is 42.8 Å². The molecule has 0 radical (unpaired) electrons. The maximum Gasteiger partial charge on any atom is 0.243 e. The first-order valence-corrected chi connectivity index (χ1v) is 11.2. The molecule has 2 aromatic carbocycles. The van der Waals surface area contributed by atoms with Gasteiger partial charge in [0.05, 0.1) is 5.75 Å². The average Bonchev–Trinajstić information content (AvgIpc) is 2.68. The van der Waals surface area contributed by atoms with E-state index in [9.17, 15) is 9.59 Å². The lowest BCUT2D eigenvalue weighted by Gasteiger charge is -2.31. The average molecular weight is 433 g/mol. The maximum atomic E-state index is 13.2. The van der Waals surface area contributed by atoms with Crippen LogP contribution in [0.2, 0.25) is 5.02 Å². The number of carbonyl (C=O) groups excluding carboxylic acids is 2. The Balaban J connectivity index is 2.21. The third-order valence-electron chi connectivity index (χ3n) is 4.59. The minimum absolute atomic E-state index is 0.0235. The van der Waals surface area contributed by atoms with Gasteiger partial charge in [0.2, 0.25) is 11.8 Å². The molecule has 0 spiro atoms. The standard InChI is InChI=1S/C23H29ClN2O2S/c1-5-21(23(28)25-16(2)3)26(14-18-9-7-6-8-17(18)4)22(27)15-29-20-12-10-19(24)11-13-20/h6-13,16,21H,5,14-15H2,1-4H3,(H,25,28)/t21-/m1/s1. The first-order valence-electron chi connectivity index (χ1n) is 9.84. The Morgan fingerprint density at radius 2 is 1.76 bits per heavy atom. The lowest BCUT2D eigenvalue weighted by atomic mass is 10.1. The van der Waals surface area contributed by atoms with Gasteiger partial charge in [-0.15, -0.1) is 11.8 Å². The molecule has 2 rings (SSSR count). The van der Waals surface area contributed by atoms with E-state index in [1.54, 1.807) is 4.90 Å². The van der Waals surface area contributed by atoms with Gasteiger partial charge in [0.1, 0.15) is 6.04 Å². The van der Waals surface area contributed by atoms with E-state index in [1.165, 1.54) is 11.8 Å².